The summed E-state index contributed by atoms with van der Waals surface area (Å²) >= 11 is 0. The molecule has 0 unspecified atom stereocenters. The first kappa shape index (κ1) is 10.1. The number of carbonyl (C=O) groups is 1. The van der Waals surface area contributed by atoms with Crippen molar-refractivity contribution in [2.75, 3.05) is 7.11 Å². The molecule has 0 bridgehead atoms. The molecule has 0 radical (unpaired) electrons. The molecular weight excluding hydrogens is 182 g/mol. The van der Waals surface area contributed by atoms with Gasteiger partial charge >= 0.3 is 5.97 Å². The van der Waals surface area contributed by atoms with Crippen molar-refractivity contribution in [1.29, 1.82) is 5.26 Å². The van der Waals surface area contributed by atoms with Crippen LogP contribution in [0.1, 0.15) is 21.5 Å². The highest BCUT2D eigenvalue weighted by atomic mass is 16.5. The number of hydrogen-bond acceptors (Lipinski definition) is 3. The molecule has 72 valence electrons. The molecule has 14 heavy (non-hydrogen) atoms. The van der Waals surface area contributed by atoms with Crippen LogP contribution in [0.2, 0.25) is 0 Å². The molecule has 0 aliphatic heterocycles. The molecule has 1 aromatic rings. The lowest BCUT2D eigenvalue weighted by Crippen LogP contribution is -2.03. The quantitative estimate of drug-likeness (QED) is 0.770. The fraction of sp³-hybridized carbons (Fsp3) is 0.200. The summed E-state index contributed by atoms with van der Waals surface area (Å²) < 4.78 is 4.91. The Hall–Kier alpha value is -2.02. The van der Waals surface area contributed by atoms with Gasteiger partial charge in [-0.15, -0.1) is 0 Å². The smallest absolute Gasteiger partial charge is 0.339 e. The molecule has 0 amide bonds. The monoisotopic (exact) mass is 191 g/mol. The number of rotatable bonds is 2. The molecule has 1 N–H and O–H groups in total. The third kappa shape index (κ3) is 1.52. The van der Waals surface area contributed by atoms with E-state index in [9.17, 15) is 4.79 Å². The van der Waals surface area contributed by atoms with Crippen molar-refractivity contribution >= 4 is 5.97 Å². The number of aryl methyl sites for hydroxylation is 1. The average molecular weight is 191 g/mol. The van der Waals surface area contributed by atoms with Crippen LogP contribution in [0.4, 0.5) is 0 Å². The minimum Gasteiger partial charge on any atom is -0.494 e. The first-order chi connectivity index (χ1) is 6.61. The normalized spacial score (nSPS) is 9.21. The number of aromatic carboxylic acids is 1. The molecule has 0 saturated heterocycles. The summed E-state index contributed by atoms with van der Waals surface area (Å²) in [5.74, 6) is -0.974. The largest absolute Gasteiger partial charge is 0.494 e. The van der Waals surface area contributed by atoms with Gasteiger partial charge in [-0.3, -0.25) is 0 Å². The van der Waals surface area contributed by atoms with Gasteiger partial charge in [0.1, 0.15) is 11.6 Å². The van der Waals surface area contributed by atoms with Crippen molar-refractivity contribution < 1.29 is 14.6 Å². The lowest BCUT2D eigenvalue weighted by atomic mass is 10.0. The molecule has 0 spiro atoms. The maximum Gasteiger partial charge on any atom is 0.339 e. The molecule has 0 saturated carbocycles. The second-order valence-electron chi connectivity index (χ2n) is 2.76. The third-order valence-corrected chi connectivity index (χ3v) is 1.91. The molecule has 0 aliphatic rings. The van der Waals surface area contributed by atoms with Gasteiger partial charge in [0.2, 0.25) is 0 Å². The number of nitrogens with zero attached hydrogens (tertiary/aromatic N) is 1. The summed E-state index contributed by atoms with van der Waals surface area (Å²) in [6.07, 6.45) is 0. The van der Waals surface area contributed by atoms with E-state index in [1.807, 2.05) is 6.07 Å². The van der Waals surface area contributed by atoms with E-state index in [2.05, 4.69) is 0 Å². The average Bonchev–Trinajstić information content (AvgIpc) is 2.16. The van der Waals surface area contributed by atoms with Gasteiger partial charge in [-0.1, -0.05) is 6.07 Å². The fourth-order valence-corrected chi connectivity index (χ4v) is 1.20. The Kier molecular flexibility index (Phi) is 2.73. The molecule has 1 rings (SSSR count). The Bertz CT molecular complexity index is 418. The molecule has 0 fully saturated rings. The van der Waals surface area contributed by atoms with Crippen molar-refractivity contribution in [1.82, 2.24) is 0 Å². The van der Waals surface area contributed by atoms with Crippen LogP contribution in [-0.4, -0.2) is 18.2 Å². The van der Waals surface area contributed by atoms with E-state index in [0.29, 0.717) is 5.56 Å². The number of nitriles is 1. The predicted molar refractivity (Wildman–Crippen MR) is 49.4 cm³/mol. The predicted octanol–water partition coefficient (Wildman–Crippen LogP) is 1.57. The van der Waals surface area contributed by atoms with Gasteiger partial charge in [-0.05, 0) is 18.6 Å². The van der Waals surface area contributed by atoms with E-state index in [0.717, 1.165) is 0 Å². The van der Waals surface area contributed by atoms with Crippen LogP contribution in [0.15, 0.2) is 12.1 Å². The van der Waals surface area contributed by atoms with Crippen molar-refractivity contribution in [3.05, 3.63) is 28.8 Å². The van der Waals surface area contributed by atoms with Crippen LogP contribution in [0.5, 0.6) is 5.75 Å². The van der Waals surface area contributed by atoms with Gasteiger partial charge in [0.15, 0.2) is 5.75 Å². The van der Waals surface area contributed by atoms with Crippen molar-refractivity contribution in [3.8, 4) is 11.8 Å². The zero-order valence-corrected chi connectivity index (χ0v) is 7.87. The Morgan fingerprint density at radius 1 is 1.57 bits per heavy atom. The first-order valence-electron chi connectivity index (χ1n) is 3.92. The van der Waals surface area contributed by atoms with Gasteiger partial charge in [-0.25, -0.2) is 4.79 Å². The van der Waals surface area contributed by atoms with E-state index in [1.165, 1.54) is 13.2 Å². The maximum atomic E-state index is 10.8. The Morgan fingerprint density at radius 3 is 2.64 bits per heavy atom. The van der Waals surface area contributed by atoms with Gasteiger partial charge < -0.3 is 9.84 Å². The van der Waals surface area contributed by atoms with Crippen LogP contribution in [0.3, 0.4) is 0 Å². The van der Waals surface area contributed by atoms with Gasteiger partial charge in [0.05, 0.1) is 12.7 Å². The summed E-state index contributed by atoms with van der Waals surface area (Å²) in [6, 6.07) is 4.94. The highest BCUT2D eigenvalue weighted by molar-refractivity contribution is 5.92. The van der Waals surface area contributed by atoms with Gasteiger partial charge in [0, 0.05) is 0 Å². The minimum absolute atomic E-state index is 0.00894. The van der Waals surface area contributed by atoms with Gasteiger partial charge in [0.25, 0.3) is 0 Å². The Labute approximate surface area is 81.4 Å². The fourth-order valence-electron chi connectivity index (χ4n) is 1.20. The topological polar surface area (TPSA) is 70.3 Å². The van der Waals surface area contributed by atoms with Gasteiger partial charge in [-0.2, -0.15) is 5.26 Å². The molecule has 0 heterocycles. The summed E-state index contributed by atoms with van der Waals surface area (Å²) in [5, 5.41) is 17.6. The van der Waals surface area contributed by atoms with Crippen molar-refractivity contribution in [3.63, 3.8) is 0 Å². The van der Waals surface area contributed by atoms with Crippen molar-refractivity contribution in [2.45, 2.75) is 6.92 Å². The third-order valence-electron chi connectivity index (χ3n) is 1.91. The molecule has 0 aromatic heterocycles. The summed E-state index contributed by atoms with van der Waals surface area (Å²) in [4.78, 5) is 10.8. The molecule has 4 heteroatoms. The van der Waals surface area contributed by atoms with E-state index >= 15 is 0 Å². The highest BCUT2D eigenvalue weighted by Gasteiger charge is 2.16. The molecular formula is C10H9NO3. The van der Waals surface area contributed by atoms with E-state index in [1.54, 1.807) is 13.0 Å². The van der Waals surface area contributed by atoms with Crippen LogP contribution >= 0.6 is 0 Å². The lowest BCUT2D eigenvalue weighted by molar-refractivity contribution is 0.0693. The Morgan fingerprint density at radius 2 is 2.21 bits per heavy atom. The molecule has 1 aromatic carbocycles. The van der Waals surface area contributed by atoms with Crippen LogP contribution < -0.4 is 4.74 Å². The number of methoxy groups -OCH3 is 1. The summed E-state index contributed by atoms with van der Waals surface area (Å²) in [6.45, 7) is 1.73. The first-order valence-corrected chi connectivity index (χ1v) is 3.92. The molecule has 4 nitrogen and oxygen atoms in total. The van der Waals surface area contributed by atoms with Crippen LogP contribution in [-0.2, 0) is 0 Å². The second-order valence-corrected chi connectivity index (χ2v) is 2.76. The van der Waals surface area contributed by atoms with E-state index in [4.69, 9.17) is 15.1 Å². The van der Waals surface area contributed by atoms with Crippen LogP contribution in [0.25, 0.3) is 0 Å². The minimum atomic E-state index is -1.10. The van der Waals surface area contributed by atoms with Crippen LogP contribution in [0, 0.1) is 18.3 Å². The lowest BCUT2D eigenvalue weighted by Gasteiger charge is -2.08. The number of carboxylic acid groups (broad SMARTS) is 1. The molecule has 0 aliphatic carbocycles. The summed E-state index contributed by atoms with van der Waals surface area (Å²) in [5.41, 5.74) is 0.983. The SMILES string of the molecule is COc1c(C(=O)O)ccc(C)c1C#N. The number of benzene rings is 1. The molecule has 0 atom stereocenters. The second kappa shape index (κ2) is 3.79. The zero-order chi connectivity index (χ0) is 10.7. The standard InChI is InChI=1S/C10H9NO3/c1-6-3-4-7(10(12)13)9(14-2)8(6)5-11/h3-4H,1-2H3,(H,12,13). The maximum absolute atomic E-state index is 10.8. The Balaban J connectivity index is 3.50. The number of hydrogen-bond donors (Lipinski definition) is 1. The summed E-state index contributed by atoms with van der Waals surface area (Å²) in [7, 11) is 1.35. The van der Waals surface area contributed by atoms with E-state index < -0.39 is 5.97 Å². The van der Waals surface area contributed by atoms with Crippen molar-refractivity contribution in [2.24, 2.45) is 0 Å². The highest BCUT2D eigenvalue weighted by Crippen LogP contribution is 2.26. The zero-order valence-electron chi connectivity index (χ0n) is 7.87. The number of carboxylic acids is 1. The van der Waals surface area contributed by atoms with E-state index in [-0.39, 0.29) is 16.9 Å². The number of ether oxygens (including phenoxy) is 1.